The van der Waals surface area contributed by atoms with Gasteiger partial charge < -0.3 is 9.84 Å². The van der Waals surface area contributed by atoms with Crippen LogP contribution in [0.1, 0.15) is 5.56 Å². The van der Waals surface area contributed by atoms with Gasteiger partial charge in [0.2, 0.25) is 11.2 Å². The Balaban J connectivity index is 0.000000534. The zero-order valence-electron chi connectivity index (χ0n) is 10.8. The van der Waals surface area contributed by atoms with E-state index in [2.05, 4.69) is 9.71 Å². The van der Waals surface area contributed by atoms with Gasteiger partial charge in [-0.15, -0.1) is 0 Å². The average Bonchev–Trinajstić information content (AvgIpc) is 2.36. The van der Waals surface area contributed by atoms with Crippen molar-refractivity contribution in [3.8, 4) is 0 Å². The summed E-state index contributed by atoms with van der Waals surface area (Å²) in [4.78, 5) is 13.8. The van der Waals surface area contributed by atoms with E-state index in [4.69, 9.17) is 58.4 Å². The third-order valence-electron chi connectivity index (χ3n) is 1.75. The quantitative estimate of drug-likeness (QED) is 0.172. The second-order valence-corrected chi connectivity index (χ2v) is 60.5. The predicted octanol–water partition coefficient (Wildman–Crippen LogP) is 5.70. The number of carbonyl (C=O) groups is 1. The summed E-state index contributed by atoms with van der Waals surface area (Å²) < 4.78 is 4.34. The van der Waals surface area contributed by atoms with Crippen molar-refractivity contribution in [3.05, 3.63) is 46.6 Å². The van der Waals surface area contributed by atoms with E-state index in [9.17, 15) is 9.90 Å². The maximum absolute atomic E-state index is 11.1. The zero-order valence-corrected chi connectivity index (χ0v) is 17.8. The van der Waals surface area contributed by atoms with Gasteiger partial charge in [0.05, 0.1) is 7.11 Å². The van der Waals surface area contributed by atoms with Crippen LogP contribution in [-0.4, -0.2) is 27.3 Å². The Morgan fingerprint density at radius 2 is 1.55 bits per heavy atom. The molecule has 0 aliphatic rings. The van der Waals surface area contributed by atoms with Crippen molar-refractivity contribution in [1.82, 2.24) is 0 Å². The Morgan fingerprint density at radius 1 is 1.14 bits per heavy atom. The SMILES string of the molecule is COC(=O)/C([N+]#N)=C(\O)c1ccccc1.[Cl][Sb-]([Cl])([Cl])([Cl])([Cl])[Cl]. The molecule has 1 aromatic carbocycles. The number of rotatable bonds is 2. The molecule has 5 nitrogen and oxygen atoms in total. The van der Waals surface area contributed by atoms with Gasteiger partial charge >= 0.3 is 73.8 Å². The van der Waals surface area contributed by atoms with Gasteiger partial charge in [-0.05, 0) is 0 Å². The monoisotopic (exact) mass is 536 g/mol. The minimum absolute atomic E-state index is 0.371. The van der Waals surface area contributed by atoms with Gasteiger partial charge in [0.15, 0.2) is 4.98 Å². The third kappa shape index (κ3) is 12.7. The Bertz CT molecular complexity index is 610. The molecule has 1 rings (SSSR count). The van der Waals surface area contributed by atoms with Crippen LogP contribution >= 0.6 is 53.0 Å². The zero-order chi connectivity index (χ0) is 17.7. The molecule has 0 aliphatic carbocycles. The number of benzene rings is 1. The second kappa shape index (κ2) is 7.40. The van der Waals surface area contributed by atoms with E-state index >= 15 is 0 Å². The molecule has 0 fully saturated rings. The molecule has 0 aliphatic heterocycles. The van der Waals surface area contributed by atoms with Crippen LogP contribution in [0.15, 0.2) is 36.0 Å². The summed E-state index contributed by atoms with van der Waals surface area (Å²) in [5.41, 5.74) is -0.153. The van der Waals surface area contributed by atoms with E-state index in [0.717, 1.165) is 7.11 Å². The molecule has 1 N–H and O–H groups in total. The number of aliphatic hydroxyl groups excluding tert-OH is 1. The normalized spacial score (nSPS) is 15.0. The van der Waals surface area contributed by atoms with Crippen molar-refractivity contribution >= 4 is 73.8 Å². The van der Waals surface area contributed by atoms with E-state index in [0.29, 0.717) is 5.56 Å². The molecule has 1 aromatic rings. The topological polar surface area (TPSA) is 74.7 Å². The van der Waals surface area contributed by atoms with E-state index in [-0.39, 0.29) is 0 Å². The fourth-order valence-electron chi connectivity index (χ4n) is 1.01. The standard InChI is InChI=1S/C10H8N2O3.6ClH.Sb/c1-15-10(14)8(12-11)9(13)7-5-3-2-4-6-7;;;;;;;/h2-6H,1H3;6*1H;/q;;;;;;;+5/p-5. The van der Waals surface area contributed by atoms with E-state index in [1.165, 1.54) is 0 Å². The number of carbonyl (C=O) groups excluding carboxylic acids is 1. The number of halogens is 6. The van der Waals surface area contributed by atoms with Crippen molar-refractivity contribution in [1.29, 1.82) is 5.39 Å². The van der Waals surface area contributed by atoms with Crippen LogP contribution in [0.25, 0.3) is 10.7 Å². The predicted molar refractivity (Wildman–Crippen MR) is 94.0 cm³/mol. The maximum atomic E-state index is 11.1. The number of nitrogens with zero attached hydrogens (tertiary/aromatic N) is 2. The number of hydrogen-bond donors (Lipinski definition) is 1. The van der Waals surface area contributed by atoms with E-state index in [1.807, 2.05) is 0 Å². The molecule has 0 heterocycles. The Morgan fingerprint density at radius 3 is 1.86 bits per heavy atom. The van der Waals surface area contributed by atoms with Crippen LogP contribution in [0.4, 0.5) is 0 Å². The van der Waals surface area contributed by atoms with E-state index < -0.39 is 26.6 Å². The average molecular weight is 540 g/mol. The molecule has 12 heteroatoms. The molecule has 124 valence electrons. The van der Waals surface area contributed by atoms with Gasteiger partial charge in [-0.3, -0.25) is 0 Å². The number of methoxy groups -OCH3 is 1. The number of ether oxygens (including phenoxy) is 1. The second-order valence-electron chi connectivity index (χ2n) is 3.61. The Labute approximate surface area is 146 Å². The first-order chi connectivity index (χ1) is 9.65. The fraction of sp³-hybridized carbons (Fsp3) is 0.100. The van der Waals surface area contributed by atoms with Crippen LogP contribution < -0.4 is 0 Å². The van der Waals surface area contributed by atoms with Crippen molar-refractivity contribution in [2.75, 3.05) is 7.11 Å². The Hall–Kier alpha value is 0.208. The molecule has 22 heavy (non-hydrogen) atoms. The summed E-state index contributed by atoms with van der Waals surface area (Å²) in [5, 5.41) is 18.2. The Kier molecular flexibility index (Phi) is 7.47. The van der Waals surface area contributed by atoms with Gasteiger partial charge in [-0.25, -0.2) is 4.79 Å². The third-order valence-corrected chi connectivity index (χ3v) is 1.75. The molecule has 0 aromatic heterocycles. The summed E-state index contributed by atoms with van der Waals surface area (Å²) in [5.74, 6) is -1.33. The number of hydrogen-bond acceptors (Lipinski definition) is 4. The molecule has 0 saturated heterocycles. The van der Waals surface area contributed by atoms with Crippen LogP contribution in [-0.2, 0) is 9.53 Å². The molecule has 0 bridgehead atoms. The van der Waals surface area contributed by atoms with Gasteiger partial charge in [0.1, 0.15) is 0 Å². The number of esters is 1. The molecular formula is C10H9Cl6N2O3Sb. The van der Waals surface area contributed by atoms with Crippen LogP contribution in [0.2, 0.25) is 0 Å². The summed E-state index contributed by atoms with van der Waals surface area (Å²) in [7, 11) is 26.1. The van der Waals surface area contributed by atoms with Crippen LogP contribution in [0.5, 0.6) is 0 Å². The van der Waals surface area contributed by atoms with Crippen LogP contribution in [0.3, 0.4) is 0 Å². The molecule has 0 atom stereocenters. The molecular weight excluding hydrogens is 531 g/mol. The first kappa shape index (κ1) is 22.2. The first-order valence-electron chi connectivity index (χ1n) is 5.14. The van der Waals surface area contributed by atoms with Gasteiger partial charge in [0.25, 0.3) is 0 Å². The molecule has 0 saturated carbocycles. The first-order valence-corrected chi connectivity index (χ1v) is 24.5. The summed E-state index contributed by atoms with van der Waals surface area (Å²) >= 11 is 0. The van der Waals surface area contributed by atoms with Gasteiger partial charge in [-0.2, -0.15) is 0 Å². The van der Waals surface area contributed by atoms with Crippen molar-refractivity contribution in [2.24, 2.45) is 0 Å². The van der Waals surface area contributed by atoms with Crippen molar-refractivity contribution < 1.29 is 14.6 Å². The van der Waals surface area contributed by atoms with Crippen molar-refractivity contribution in [2.45, 2.75) is 0 Å². The molecule has 0 unspecified atom stereocenters. The number of aliphatic hydroxyl groups is 1. The summed E-state index contributed by atoms with van der Waals surface area (Å²) in [6.07, 6.45) is 0. The van der Waals surface area contributed by atoms with Crippen molar-refractivity contribution in [3.63, 3.8) is 0 Å². The summed E-state index contributed by atoms with van der Waals surface area (Å²) in [6, 6.07) is 8.26. The fourth-order valence-corrected chi connectivity index (χ4v) is 1.01. The van der Waals surface area contributed by atoms with E-state index in [1.54, 1.807) is 30.3 Å². The minimum atomic E-state index is -5.42. The summed E-state index contributed by atoms with van der Waals surface area (Å²) in [6.45, 7) is 0. The molecule has 0 spiro atoms. The van der Waals surface area contributed by atoms with Gasteiger partial charge in [-0.1, -0.05) is 30.3 Å². The number of diazo groups is 1. The van der Waals surface area contributed by atoms with Gasteiger partial charge in [0, 0.05) is 5.56 Å². The van der Waals surface area contributed by atoms with Crippen LogP contribution in [0, 0.1) is 5.39 Å². The molecule has 0 amide bonds. The molecule has 0 radical (unpaired) electrons.